The summed E-state index contributed by atoms with van der Waals surface area (Å²) in [5.41, 5.74) is 6.11. The van der Waals surface area contributed by atoms with E-state index in [1.165, 1.54) is 4.31 Å². The quantitative estimate of drug-likeness (QED) is 0.866. The molecule has 0 atom stereocenters. The van der Waals surface area contributed by atoms with Crippen molar-refractivity contribution in [2.75, 3.05) is 12.8 Å². The number of hydrogen-bond acceptors (Lipinski definition) is 3. The van der Waals surface area contributed by atoms with Crippen molar-refractivity contribution in [2.24, 2.45) is 5.92 Å². The Labute approximate surface area is 115 Å². The molecule has 4 nitrogen and oxygen atoms in total. The van der Waals surface area contributed by atoms with E-state index in [-0.39, 0.29) is 10.9 Å². The zero-order valence-corrected chi connectivity index (χ0v) is 12.4. The van der Waals surface area contributed by atoms with Crippen LogP contribution >= 0.6 is 0 Å². The number of nitrogen functional groups attached to an aromatic ring is 1. The van der Waals surface area contributed by atoms with Gasteiger partial charge in [0.25, 0.3) is 0 Å². The van der Waals surface area contributed by atoms with Crippen LogP contribution in [0.5, 0.6) is 0 Å². The summed E-state index contributed by atoms with van der Waals surface area (Å²) in [5.74, 6) is 0.703. The first-order chi connectivity index (χ1) is 8.93. The third-order valence-electron chi connectivity index (χ3n) is 4.08. The first-order valence-corrected chi connectivity index (χ1v) is 8.19. The summed E-state index contributed by atoms with van der Waals surface area (Å²) in [7, 11) is -1.81. The number of nitrogens with zero attached hydrogens (tertiary/aromatic N) is 1. The van der Waals surface area contributed by atoms with Gasteiger partial charge in [-0.15, -0.1) is 0 Å². The minimum Gasteiger partial charge on any atom is -0.398 e. The van der Waals surface area contributed by atoms with Gasteiger partial charge >= 0.3 is 0 Å². The largest absolute Gasteiger partial charge is 0.398 e. The molecule has 1 aliphatic carbocycles. The molecular weight excluding hydrogens is 260 g/mol. The summed E-state index contributed by atoms with van der Waals surface area (Å²) in [6, 6.07) is 6.76. The fraction of sp³-hybridized carbons (Fsp3) is 0.571. The molecule has 2 N–H and O–H groups in total. The van der Waals surface area contributed by atoms with Crippen molar-refractivity contribution in [1.29, 1.82) is 0 Å². The van der Waals surface area contributed by atoms with E-state index in [0.29, 0.717) is 11.6 Å². The standard InChI is InChI=1S/C14H22N2O2S/c1-11-7-9-12(10-8-11)16(2)19(17,18)14-6-4-3-5-13(14)15/h3-6,11-12H,7-10,15H2,1-2H3. The van der Waals surface area contributed by atoms with Crippen molar-refractivity contribution in [2.45, 2.75) is 43.5 Å². The summed E-state index contributed by atoms with van der Waals surface area (Å²) in [6.45, 7) is 2.22. The summed E-state index contributed by atoms with van der Waals surface area (Å²) in [6.07, 6.45) is 4.05. The highest BCUT2D eigenvalue weighted by atomic mass is 32.2. The molecule has 1 fully saturated rings. The van der Waals surface area contributed by atoms with E-state index in [0.717, 1.165) is 25.7 Å². The number of sulfonamides is 1. The van der Waals surface area contributed by atoms with E-state index >= 15 is 0 Å². The first-order valence-electron chi connectivity index (χ1n) is 6.75. The Morgan fingerprint density at radius 2 is 1.74 bits per heavy atom. The van der Waals surface area contributed by atoms with Crippen LogP contribution in [0.2, 0.25) is 0 Å². The maximum Gasteiger partial charge on any atom is 0.245 e. The van der Waals surface area contributed by atoms with E-state index < -0.39 is 10.0 Å². The van der Waals surface area contributed by atoms with Gasteiger partial charge in [-0.3, -0.25) is 0 Å². The van der Waals surface area contributed by atoms with Crippen molar-refractivity contribution >= 4 is 15.7 Å². The van der Waals surface area contributed by atoms with E-state index in [4.69, 9.17) is 5.73 Å². The first kappa shape index (κ1) is 14.3. The van der Waals surface area contributed by atoms with Crippen LogP contribution in [0.1, 0.15) is 32.6 Å². The number of para-hydroxylation sites is 1. The van der Waals surface area contributed by atoms with Gasteiger partial charge in [0, 0.05) is 13.1 Å². The fourth-order valence-electron chi connectivity index (χ4n) is 2.67. The SMILES string of the molecule is CC1CCC(N(C)S(=O)(=O)c2ccccc2N)CC1. The van der Waals surface area contributed by atoms with Crippen molar-refractivity contribution < 1.29 is 8.42 Å². The fourth-order valence-corrected chi connectivity index (χ4v) is 4.20. The molecular formula is C14H22N2O2S. The van der Waals surface area contributed by atoms with Crippen molar-refractivity contribution in [1.82, 2.24) is 4.31 Å². The van der Waals surface area contributed by atoms with E-state index in [1.54, 1.807) is 31.3 Å². The molecule has 0 radical (unpaired) electrons. The lowest BCUT2D eigenvalue weighted by Gasteiger charge is -2.33. The van der Waals surface area contributed by atoms with Gasteiger partial charge in [-0.2, -0.15) is 4.31 Å². The Bertz CT molecular complexity index is 534. The Morgan fingerprint density at radius 1 is 1.16 bits per heavy atom. The van der Waals surface area contributed by atoms with Crippen LogP contribution in [-0.4, -0.2) is 25.8 Å². The van der Waals surface area contributed by atoms with Gasteiger partial charge in [0.2, 0.25) is 10.0 Å². The van der Waals surface area contributed by atoms with E-state index in [1.807, 2.05) is 0 Å². The number of nitrogens with two attached hydrogens (primary N) is 1. The predicted octanol–water partition coefficient (Wildman–Crippen LogP) is 2.47. The molecule has 0 saturated heterocycles. The zero-order chi connectivity index (χ0) is 14.0. The molecule has 1 aromatic carbocycles. The molecule has 1 aliphatic rings. The zero-order valence-electron chi connectivity index (χ0n) is 11.5. The van der Waals surface area contributed by atoms with Gasteiger partial charge in [-0.25, -0.2) is 8.42 Å². The van der Waals surface area contributed by atoms with Crippen molar-refractivity contribution in [3.05, 3.63) is 24.3 Å². The minimum absolute atomic E-state index is 0.0980. The maximum absolute atomic E-state index is 12.6. The Morgan fingerprint density at radius 3 is 2.32 bits per heavy atom. The Hall–Kier alpha value is -1.07. The highest BCUT2D eigenvalue weighted by molar-refractivity contribution is 7.89. The molecule has 0 amide bonds. The third kappa shape index (κ3) is 2.92. The van der Waals surface area contributed by atoms with Crippen LogP contribution in [0.4, 0.5) is 5.69 Å². The lowest BCUT2D eigenvalue weighted by atomic mass is 9.87. The van der Waals surface area contributed by atoms with Gasteiger partial charge in [0.15, 0.2) is 0 Å². The summed E-state index contributed by atoms with van der Waals surface area (Å²) in [5, 5.41) is 0. The van der Waals surface area contributed by atoms with E-state index in [2.05, 4.69) is 6.92 Å². The minimum atomic E-state index is -3.48. The predicted molar refractivity (Wildman–Crippen MR) is 77.2 cm³/mol. The molecule has 0 unspecified atom stereocenters. The lowest BCUT2D eigenvalue weighted by Crippen LogP contribution is -2.39. The van der Waals surface area contributed by atoms with Gasteiger partial charge in [-0.05, 0) is 43.7 Å². The van der Waals surface area contributed by atoms with Crippen LogP contribution < -0.4 is 5.73 Å². The molecule has 1 aromatic rings. The highest BCUT2D eigenvalue weighted by Crippen LogP contribution is 2.30. The van der Waals surface area contributed by atoms with Crippen LogP contribution in [0, 0.1) is 5.92 Å². The molecule has 5 heteroatoms. The highest BCUT2D eigenvalue weighted by Gasteiger charge is 2.31. The van der Waals surface area contributed by atoms with Gasteiger partial charge in [0.05, 0.1) is 5.69 Å². The average molecular weight is 282 g/mol. The second-order valence-corrected chi connectivity index (χ2v) is 7.44. The smallest absolute Gasteiger partial charge is 0.245 e. The molecule has 106 valence electrons. The van der Waals surface area contributed by atoms with Crippen LogP contribution in [0.15, 0.2) is 29.2 Å². The molecule has 0 aliphatic heterocycles. The maximum atomic E-state index is 12.6. The number of anilines is 1. The molecule has 1 saturated carbocycles. The van der Waals surface area contributed by atoms with Gasteiger partial charge in [-0.1, -0.05) is 19.1 Å². The average Bonchev–Trinajstić information content (AvgIpc) is 2.39. The Kier molecular flexibility index (Phi) is 4.16. The van der Waals surface area contributed by atoms with Crippen LogP contribution in [0.3, 0.4) is 0 Å². The second kappa shape index (κ2) is 5.51. The number of benzene rings is 1. The molecule has 2 rings (SSSR count). The summed E-state index contributed by atoms with van der Waals surface area (Å²) >= 11 is 0. The topological polar surface area (TPSA) is 63.4 Å². The molecule has 0 heterocycles. The number of rotatable bonds is 3. The lowest BCUT2D eigenvalue weighted by molar-refractivity contribution is 0.246. The van der Waals surface area contributed by atoms with E-state index in [9.17, 15) is 8.42 Å². The van der Waals surface area contributed by atoms with Gasteiger partial charge in [0.1, 0.15) is 4.90 Å². The molecule has 0 spiro atoms. The van der Waals surface area contributed by atoms with Gasteiger partial charge < -0.3 is 5.73 Å². The molecule has 19 heavy (non-hydrogen) atoms. The van der Waals surface area contributed by atoms with Crippen molar-refractivity contribution in [3.63, 3.8) is 0 Å². The summed E-state index contributed by atoms with van der Waals surface area (Å²) in [4.78, 5) is 0.219. The third-order valence-corrected chi connectivity index (χ3v) is 6.06. The molecule has 0 bridgehead atoms. The van der Waals surface area contributed by atoms with Crippen LogP contribution in [0.25, 0.3) is 0 Å². The number of hydrogen-bond donors (Lipinski definition) is 1. The Balaban J connectivity index is 2.23. The normalized spacial score (nSPS) is 24.6. The second-order valence-electron chi connectivity index (χ2n) is 5.47. The van der Waals surface area contributed by atoms with Crippen LogP contribution in [-0.2, 0) is 10.0 Å². The monoisotopic (exact) mass is 282 g/mol. The molecule has 0 aromatic heterocycles. The summed E-state index contributed by atoms with van der Waals surface area (Å²) < 4.78 is 26.7. The van der Waals surface area contributed by atoms with Crippen molar-refractivity contribution in [3.8, 4) is 0 Å².